The average molecular weight is 255 g/mol. The fourth-order valence-corrected chi connectivity index (χ4v) is 1.56. The lowest BCUT2D eigenvalue weighted by atomic mass is 10.1. The lowest BCUT2D eigenvalue weighted by Crippen LogP contribution is -2.39. The third kappa shape index (κ3) is 3.35. The summed E-state index contributed by atoms with van der Waals surface area (Å²) in [6.45, 7) is -0.209. The van der Waals surface area contributed by atoms with E-state index < -0.39 is 18.6 Å². The van der Waals surface area contributed by atoms with E-state index in [1.807, 2.05) is 0 Å². The Balaban J connectivity index is 2.81. The van der Waals surface area contributed by atoms with Crippen LogP contribution in [0.2, 0.25) is 0 Å². The van der Waals surface area contributed by atoms with Crippen LogP contribution in [0, 0.1) is 0 Å². The van der Waals surface area contributed by atoms with Gasteiger partial charge in [0.1, 0.15) is 6.04 Å². The van der Waals surface area contributed by atoms with Gasteiger partial charge in [0, 0.05) is 12.1 Å². The summed E-state index contributed by atoms with van der Waals surface area (Å²) >= 11 is 0. The minimum Gasteiger partial charge on any atom is -0.493 e. The molecule has 0 saturated carbocycles. The van der Waals surface area contributed by atoms with Crippen LogP contribution >= 0.6 is 0 Å². The molecule has 0 saturated heterocycles. The number of aliphatic hydroxyl groups is 1. The van der Waals surface area contributed by atoms with E-state index in [0.717, 1.165) is 5.56 Å². The summed E-state index contributed by atoms with van der Waals surface area (Å²) < 4.78 is 10.4. The molecule has 0 spiro atoms. The second-order valence-corrected chi connectivity index (χ2v) is 3.61. The fourth-order valence-electron chi connectivity index (χ4n) is 1.56. The normalized spacial score (nSPS) is 11.9. The predicted octanol–water partition coefficient (Wildman–Crippen LogP) is 0.239. The molecule has 0 fully saturated rings. The number of methoxy groups -OCH3 is 2. The minimum atomic E-state index is -1.10. The Bertz CT molecular complexity index is 407. The van der Waals surface area contributed by atoms with E-state index in [2.05, 4.69) is 5.32 Å². The summed E-state index contributed by atoms with van der Waals surface area (Å²) in [6.07, 6.45) is 0. The highest BCUT2D eigenvalue weighted by molar-refractivity contribution is 5.73. The van der Waals surface area contributed by atoms with Crippen molar-refractivity contribution in [2.24, 2.45) is 0 Å². The van der Waals surface area contributed by atoms with Gasteiger partial charge < -0.3 is 19.7 Å². The molecule has 1 aromatic rings. The summed E-state index contributed by atoms with van der Waals surface area (Å²) in [5.74, 6) is 0.0293. The molecule has 0 aliphatic rings. The average Bonchev–Trinajstić information content (AvgIpc) is 2.38. The highest BCUT2D eigenvalue weighted by atomic mass is 16.5. The second-order valence-electron chi connectivity index (χ2n) is 3.61. The Morgan fingerprint density at radius 2 is 2.11 bits per heavy atom. The van der Waals surface area contributed by atoms with Crippen molar-refractivity contribution in [1.29, 1.82) is 0 Å². The van der Waals surface area contributed by atoms with Crippen molar-refractivity contribution in [2.45, 2.75) is 12.6 Å². The first-order valence-corrected chi connectivity index (χ1v) is 5.41. The van der Waals surface area contributed by atoms with E-state index in [-0.39, 0.29) is 6.54 Å². The lowest BCUT2D eigenvalue weighted by Gasteiger charge is -2.15. The van der Waals surface area contributed by atoms with Crippen LogP contribution in [0.25, 0.3) is 0 Å². The number of nitrogens with one attached hydrogen (secondary N) is 1. The monoisotopic (exact) mass is 255 g/mol. The van der Waals surface area contributed by atoms with E-state index in [1.54, 1.807) is 18.2 Å². The molecule has 100 valence electrons. The van der Waals surface area contributed by atoms with Crippen molar-refractivity contribution in [3.8, 4) is 11.5 Å². The van der Waals surface area contributed by atoms with Gasteiger partial charge in [-0.2, -0.15) is 0 Å². The fraction of sp³-hybridized carbons (Fsp3) is 0.417. The number of carboxylic acids is 1. The number of hydrogen-bond donors (Lipinski definition) is 3. The molecule has 3 N–H and O–H groups in total. The quantitative estimate of drug-likeness (QED) is 0.647. The number of carbonyl (C=O) groups is 1. The zero-order valence-electron chi connectivity index (χ0n) is 10.3. The van der Waals surface area contributed by atoms with Crippen LogP contribution < -0.4 is 14.8 Å². The smallest absolute Gasteiger partial charge is 0.323 e. The standard InChI is InChI=1S/C12H17NO5/c1-17-10-5-3-4-8(11(10)18-2)6-13-9(7-14)12(15)16/h3-5,9,13-14H,6-7H2,1-2H3,(H,15,16). The molecule has 1 aromatic carbocycles. The zero-order chi connectivity index (χ0) is 13.5. The van der Waals surface area contributed by atoms with Gasteiger partial charge in [-0.3, -0.25) is 10.1 Å². The SMILES string of the molecule is COc1cccc(CNC(CO)C(=O)O)c1OC. The molecule has 0 radical (unpaired) electrons. The molecular formula is C12H17NO5. The molecule has 0 aliphatic heterocycles. The molecule has 1 atom stereocenters. The molecule has 6 heteroatoms. The van der Waals surface area contributed by atoms with Crippen molar-refractivity contribution < 1.29 is 24.5 Å². The Hall–Kier alpha value is -1.79. The number of aliphatic carboxylic acids is 1. The highest BCUT2D eigenvalue weighted by Gasteiger charge is 2.17. The first-order chi connectivity index (χ1) is 8.63. The third-order valence-electron chi connectivity index (χ3n) is 2.50. The van der Waals surface area contributed by atoms with Gasteiger partial charge in [-0.05, 0) is 6.07 Å². The molecule has 18 heavy (non-hydrogen) atoms. The van der Waals surface area contributed by atoms with E-state index in [4.69, 9.17) is 19.7 Å². The Morgan fingerprint density at radius 1 is 1.39 bits per heavy atom. The summed E-state index contributed by atoms with van der Waals surface area (Å²) in [5.41, 5.74) is 0.761. The maximum absolute atomic E-state index is 10.8. The predicted molar refractivity (Wildman–Crippen MR) is 64.9 cm³/mol. The molecule has 0 aliphatic carbocycles. The highest BCUT2D eigenvalue weighted by Crippen LogP contribution is 2.30. The van der Waals surface area contributed by atoms with E-state index >= 15 is 0 Å². The van der Waals surface area contributed by atoms with Crippen LogP contribution in [0.1, 0.15) is 5.56 Å². The number of hydrogen-bond acceptors (Lipinski definition) is 5. The van der Waals surface area contributed by atoms with Crippen molar-refractivity contribution in [3.63, 3.8) is 0 Å². The number of carboxylic acid groups (broad SMARTS) is 1. The van der Waals surface area contributed by atoms with E-state index in [1.165, 1.54) is 14.2 Å². The van der Waals surface area contributed by atoms with E-state index in [9.17, 15) is 4.79 Å². The van der Waals surface area contributed by atoms with Gasteiger partial charge in [-0.15, -0.1) is 0 Å². The number of aliphatic hydroxyl groups excluding tert-OH is 1. The molecule has 0 aromatic heterocycles. The lowest BCUT2D eigenvalue weighted by molar-refractivity contribution is -0.140. The van der Waals surface area contributed by atoms with Crippen LogP contribution in [-0.4, -0.2) is 43.1 Å². The van der Waals surface area contributed by atoms with Crippen LogP contribution in [0.15, 0.2) is 18.2 Å². The summed E-state index contributed by atoms with van der Waals surface area (Å²) in [6, 6.07) is 4.33. The Labute approximate surface area is 105 Å². The molecule has 1 unspecified atom stereocenters. The van der Waals surface area contributed by atoms with Gasteiger partial charge in [0.25, 0.3) is 0 Å². The van der Waals surface area contributed by atoms with Crippen LogP contribution in [0.5, 0.6) is 11.5 Å². The minimum absolute atomic E-state index is 0.262. The third-order valence-corrected chi connectivity index (χ3v) is 2.50. The van der Waals surface area contributed by atoms with Crippen molar-refractivity contribution in [1.82, 2.24) is 5.32 Å². The molecule has 0 amide bonds. The maximum Gasteiger partial charge on any atom is 0.323 e. The number of para-hydroxylation sites is 1. The summed E-state index contributed by atoms with van der Waals surface area (Å²) in [5, 5.41) is 20.4. The van der Waals surface area contributed by atoms with Crippen molar-refractivity contribution in [3.05, 3.63) is 23.8 Å². The van der Waals surface area contributed by atoms with Crippen LogP contribution in [-0.2, 0) is 11.3 Å². The first kappa shape index (κ1) is 14.3. The largest absolute Gasteiger partial charge is 0.493 e. The molecular weight excluding hydrogens is 238 g/mol. The second kappa shape index (κ2) is 6.83. The number of ether oxygens (including phenoxy) is 2. The topological polar surface area (TPSA) is 88.0 Å². The van der Waals surface area contributed by atoms with Gasteiger partial charge in [0.15, 0.2) is 11.5 Å². The Morgan fingerprint density at radius 3 is 2.61 bits per heavy atom. The van der Waals surface area contributed by atoms with Crippen molar-refractivity contribution in [2.75, 3.05) is 20.8 Å². The van der Waals surface area contributed by atoms with Gasteiger partial charge in [0.05, 0.1) is 20.8 Å². The number of benzene rings is 1. The van der Waals surface area contributed by atoms with Gasteiger partial charge in [0.2, 0.25) is 0 Å². The summed E-state index contributed by atoms with van der Waals surface area (Å²) in [7, 11) is 3.05. The summed E-state index contributed by atoms with van der Waals surface area (Å²) in [4.78, 5) is 10.8. The van der Waals surface area contributed by atoms with Gasteiger partial charge in [-0.1, -0.05) is 12.1 Å². The van der Waals surface area contributed by atoms with Crippen LogP contribution in [0.3, 0.4) is 0 Å². The first-order valence-electron chi connectivity index (χ1n) is 5.41. The molecule has 0 heterocycles. The Kier molecular flexibility index (Phi) is 5.41. The van der Waals surface area contributed by atoms with Gasteiger partial charge >= 0.3 is 5.97 Å². The van der Waals surface area contributed by atoms with Gasteiger partial charge in [-0.25, -0.2) is 0 Å². The van der Waals surface area contributed by atoms with Crippen molar-refractivity contribution >= 4 is 5.97 Å². The molecule has 1 rings (SSSR count). The molecule has 0 bridgehead atoms. The van der Waals surface area contributed by atoms with Crippen LogP contribution in [0.4, 0.5) is 0 Å². The molecule has 6 nitrogen and oxygen atoms in total. The van der Waals surface area contributed by atoms with E-state index in [0.29, 0.717) is 11.5 Å². The zero-order valence-corrected chi connectivity index (χ0v) is 10.3. The number of rotatable bonds is 7. The maximum atomic E-state index is 10.8.